The zero-order valence-electron chi connectivity index (χ0n) is 2.42. The number of nitrogens with zero attached hydrogens (tertiary/aromatic N) is 2. The molecule has 1 aliphatic heterocycles. The van der Waals surface area contributed by atoms with E-state index >= 15 is 0 Å². The van der Waals surface area contributed by atoms with Crippen molar-refractivity contribution in [1.82, 2.24) is 0 Å². The Bertz CT molecular complexity index is 45.6. The first-order valence-electron chi connectivity index (χ1n) is 1.15. The highest BCUT2D eigenvalue weighted by molar-refractivity contribution is 4.07. The average molecular weight is 74.0 g/mol. The highest BCUT2D eigenvalue weighted by Crippen LogP contribution is 1.89. The lowest BCUT2D eigenvalue weighted by Crippen LogP contribution is -1.73. The largest absolute Gasteiger partial charge is 0.210 e. The predicted octanol–water partition coefficient (Wildman–Crippen LogP) is 0.273. The van der Waals surface area contributed by atoms with Gasteiger partial charge in [0.2, 0.25) is 6.73 Å². The van der Waals surface area contributed by atoms with Crippen molar-refractivity contribution in [1.29, 1.82) is 0 Å². The fraction of sp³-hybridized carbons (Fsp3) is 1.00. The van der Waals surface area contributed by atoms with Crippen LogP contribution >= 0.6 is 0 Å². The van der Waals surface area contributed by atoms with E-state index in [1.54, 1.807) is 0 Å². The summed E-state index contributed by atoms with van der Waals surface area (Å²) in [7, 11) is 0. The SMILES string of the molecule is C1N=NOO1. The fourth-order valence-electron chi connectivity index (χ4n) is 0.118. The second-order valence-corrected chi connectivity index (χ2v) is 0.545. The number of hydrogen-bond acceptors (Lipinski definition) is 4. The van der Waals surface area contributed by atoms with Crippen molar-refractivity contribution in [3.8, 4) is 0 Å². The minimum atomic E-state index is 0.236. The van der Waals surface area contributed by atoms with Crippen LogP contribution < -0.4 is 0 Å². The van der Waals surface area contributed by atoms with Crippen LogP contribution in [0.15, 0.2) is 10.4 Å². The van der Waals surface area contributed by atoms with Gasteiger partial charge in [0.25, 0.3) is 0 Å². The monoisotopic (exact) mass is 74.0 g/mol. The summed E-state index contributed by atoms with van der Waals surface area (Å²) in [5.41, 5.74) is 0. The van der Waals surface area contributed by atoms with Crippen LogP contribution in [0, 0.1) is 0 Å². The van der Waals surface area contributed by atoms with Gasteiger partial charge in [-0.25, -0.2) is 0 Å². The molecule has 5 heavy (non-hydrogen) atoms. The second-order valence-electron chi connectivity index (χ2n) is 0.545. The van der Waals surface area contributed by atoms with Gasteiger partial charge in [-0.15, -0.1) is 10.0 Å². The molecule has 0 saturated heterocycles. The van der Waals surface area contributed by atoms with Gasteiger partial charge in [-0.1, -0.05) is 0 Å². The Morgan fingerprint density at radius 2 is 2.60 bits per heavy atom. The van der Waals surface area contributed by atoms with Gasteiger partial charge in [-0.05, 0) is 0 Å². The Kier molecular flexibility index (Phi) is 0.510. The summed E-state index contributed by atoms with van der Waals surface area (Å²) in [6.45, 7) is 0.236. The Balaban J connectivity index is 2.32. The molecule has 0 N–H and O–H groups in total. The Labute approximate surface area is 28.3 Å². The van der Waals surface area contributed by atoms with Gasteiger partial charge in [0.15, 0.2) is 0 Å². The normalized spacial score (nSPS) is 19.2. The van der Waals surface area contributed by atoms with Crippen LogP contribution in [0.25, 0.3) is 0 Å². The zero-order valence-corrected chi connectivity index (χ0v) is 2.42. The Morgan fingerprint density at radius 1 is 1.60 bits per heavy atom. The smallest absolute Gasteiger partial charge is 0.198 e. The topological polar surface area (TPSA) is 43.2 Å². The average Bonchev–Trinajstić information content (AvgIpc) is 1.76. The summed E-state index contributed by atoms with van der Waals surface area (Å²) >= 11 is 0. The Morgan fingerprint density at radius 3 is 2.80 bits per heavy atom. The standard InChI is InChI=1S/CH2N2O2/c1-2-3-5-4-1/h1H2. The van der Waals surface area contributed by atoms with E-state index in [0.29, 0.717) is 0 Å². The molecule has 0 unspecified atom stereocenters. The highest BCUT2D eigenvalue weighted by atomic mass is 17.3. The molecule has 1 rings (SSSR count). The summed E-state index contributed by atoms with van der Waals surface area (Å²) in [4.78, 5) is 8.01. The third kappa shape index (κ3) is 0.327. The van der Waals surface area contributed by atoms with Gasteiger partial charge in [-0.2, -0.15) is 4.99 Å². The summed E-state index contributed by atoms with van der Waals surface area (Å²) < 4.78 is 0. The third-order valence-electron chi connectivity index (χ3n) is 0.254. The van der Waals surface area contributed by atoms with Gasteiger partial charge in [0, 0.05) is 0 Å². The molecule has 0 amide bonds. The van der Waals surface area contributed by atoms with Crippen molar-refractivity contribution >= 4 is 0 Å². The van der Waals surface area contributed by atoms with E-state index in [-0.39, 0.29) is 6.73 Å². The molecule has 28 valence electrons. The molecule has 0 aromatic heterocycles. The minimum absolute atomic E-state index is 0.236. The van der Waals surface area contributed by atoms with Crippen molar-refractivity contribution in [3.63, 3.8) is 0 Å². The third-order valence-corrected chi connectivity index (χ3v) is 0.254. The molecule has 0 atom stereocenters. The van der Waals surface area contributed by atoms with E-state index in [9.17, 15) is 0 Å². The fourth-order valence-corrected chi connectivity index (χ4v) is 0.118. The molecule has 1 heterocycles. The molecule has 4 nitrogen and oxygen atoms in total. The van der Waals surface area contributed by atoms with Crippen molar-refractivity contribution in [3.05, 3.63) is 0 Å². The molecule has 0 aromatic rings. The maximum Gasteiger partial charge on any atom is 0.210 e. The van der Waals surface area contributed by atoms with Crippen molar-refractivity contribution in [2.24, 2.45) is 10.4 Å². The summed E-state index contributed by atoms with van der Waals surface area (Å²) in [6.07, 6.45) is 0. The van der Waals surface area contributed by atoms with Crippen LogP contribution in [0.2, 0.25) is 0 Å². The van der Waals surface area contributed by atoms with Crippen LogP contribution in [-0.4, -0.2) is 6.73 Å². The minimum Gasteiger partial charge on any atom is -0.198 e. The van der Waals surface area contributed by atoms with E-state index in [2.05, 4.69) is 20.3 Å². The first-order chi connectivity index (χ1) is 2.50. The van der Waals surface area contributed by atoms with Crippen molar-refractivity contribution in [2.45, 2.75) is 0 Å². The summed E-state index contributed by atoms with van der Waals surface area (Å²) in [6, 6.07) is 0. The summed E-state index contributed by atoms with van der Waals surface area (Å²) in [5.74, 6) is 0. The molecule has 0 bridgehead atoms. The zero-order chi connectivity index (χ0) is 3.54. The molecule has 0 fully saturated rings. The van der Waals surface area contributed by atoms with Gasteiger partial charge >= 0.3 is 0 Å². The van der Waals surface area contributed by atoms with E-state index in [4.69, 9.17) is 0 Å². The highest BCUT2D eigenvalue weighted by Gasteiger charge is 1.87. The first-order valence-corrected chi connectivity index (χ1v) is 1.15. The lowest BCUT2D eigenvalue weighted by atomic mass is 11.4. The van der Waals surface area contributed by atoms with Gasteiger partial charge < -0.3 is 0 Å². The van der Waals surface area contributed by atoms with E-state index in [1.807, 2.05) is 0 Å². The molecule has 4 heteroatoms. The first kappa shape index (κ1) is 2.59. The van der Waals surface area contributed by atoms with Crippen LogP contribution in [0.5, 0.6) is 0 Å². The lowest BCUT2D eigenvalue weighted by Gasteiger charge is -1.72. The van der Waals surface area contributed by atoms with E-state index in [1.165, 1.54) is 0 Å². The molecule has 0 saturated carbocycles. The van der Waals surface area contributed by atoms with Crippen LogP contribution in [0.1, 0.15) is 0 Å². The van der Waals surface area contributed by atoms with Crippen LogP contribution in [-0.2, 0) is 9.88 Å². The van der Waals surface area contributed by atoms with E-state index in [0.717, 1.165) is 0 Å². The Hall–Kier alpha value is -0.640. The second kappa shape index (κ2) is 0.984. The van der Waals surface area contributed by atoms with Crippen LogP contribution in [0.4, 0.5) is 0 Å². The van der Waals surface area contributed by atoms with Crippen LogP contribution in [0.3, 0.4) is 0 Å². The molecule has 0 aromatic carbocycles. The van der Waals surface area contributed by atoms with Crippen molar-refractivity contribution < 1.29 is 9.88 Å². The molecule has 0 radical (unpaired) electrons. The molecule has 0 spiro atoms. The van der Waals surface area contributed by atoms with E-state index < -0.39 is 0 Å². The quantitative estimate of drug-likeness (QED) is 0.387. The molecule has 0 aliphatic carbocycles. The lowest BCUT2D eigenvalue weighted by molar-refractivity contribution is -0.267. The summed E-state index contributed by atoms with van der Waals surface area (Å²) in [5, 5.41) is 6.25. The number of rotatable bonds is 0. The number of hydrogen-bond donors (Lipinski definition) is 0. The maximum absolute atomic E-state index is 4.11. The molecule has 1 aliphatic rings. The van der Waals surface area contributed by atoms with Gasteiger partial charge in [0.05, 0.1) is 5.28 Å². The maximum atomic E-state index is 4.11. The molecular formula is CH2N2O2. The predicted molar refractivity (Wildman–Crippen MR) is 11.9 cm³/mol. The van der Waals surface area contributed by atoms with Crippen molar-refractivity contribution in [2.75, 3.05) is 6.73 Å². The van der Waals surface area contributed by atoms with Gasteiger partial charge in [-0.3, -0.25) is 0 Å². The molecular weight excluding hydrogens is 72.0 g/mol. The van der Waals surface area contributed by atoms with Gasteiger partial charge in [0.1, 0.15) is 0 Å².